The Morgan fingerprint density at radius 2 is 1.87 bits per heavy atom. The highest BCUT2D eigenvalue weighted by atomic mass is 19.1. The van der Waals surface area contributed by atoms with Crippen molar-refractivity contribution in [3.8, 4) is 5.75 Å². The van der Waals surface area contributed by atoms with E-state index in [0.717, 1.165) is 25.7 Å². The van der Waals surface area contributed by atoms with Crippen molar-refractivity contribution >= 4 is 16.7 Å². The molecule has 0 spiro atoms. The summed E-state index contributed by atoms with van der Waals surface area (Å²) < 4.78 is 25.4. The predicted octanol–water partition coefficient (Wildman–Crippen LogP) is 4.48. The van der Waals surface area contributed by atoms with Gasteiger partial charge in [0.25, 0.3) is 5.56 Å². The van der Waals surface area contributed by atoms with E-state index in [1.165, 1.54) is 23.9 Å². The maximum Gasteiger partial charge on any atom is 0.359 e. The van der Waals surface area contributed by atoms with Gasteiger partial charge in [0, 0.05) is 11.9 Å². The summed E-state index contributed by atoms with van der Waals surface area (Å²) in [6, 6.07) is 11.2. The Morgan fingerprint density at radius 1 is 1.10 bits per heavy atom. The van der Waals surface area contributed by atoms with Crippen molar-refractivity contribution in [2.24, 2.45) is 0 Å². The summed E-state index contributed by atoms with van der Waals surface area (Å²) in [6.45, 7) is 2.43. The summed E-state index contributed by atoms with van der Waals surface area (Å²) in [7, 11) is 1.38. The molecule has 1 heterocycles. The fraction of sp³-hybridized carbons (Fsp3) is 0.348. The molecule has 0 atom stereocenters. The fourth-order valence-electron chi connectivity index (χ4n) is 3.24. The van der Waals surface area contributed by atoms with Crippen molar-refractivity contribution < 1.29 is 18.7 Å². The number of aryl methyl sites for hydroxylation is 1. The van der Waals surface area contributed by atoms with Crippen molar-refractivity contribution in [2.75, 3.05) is 7.11 Å². The molecule has 3 aromatic rings. The molecule has 0 unspecified atom stereocenters. The molecule has 0 saturated heterocycles. The SMILES string of the molecule is CCCCCCn1nc(C(=O)OCc2ccc(OC)c(F)c2)c2ccccc2c1=O. The van der Waals surface area contributed by atoms with Gasteiger partial charge >= 0.3 is 5.97 Å². The number of methoxy groups -OCH3 is 1. The normalized spacial score (nSPS) is 10.9. The van der Waals surface area contributed by atoms with Gasteiger partial charge in [-0.05, 0) is 30.2 Å². The number of rotatable bonds is 9. The maximum absolute atomic E-state index is 13.9. The lowest BCUT2D eigenvalue weighted by atomic mass is 10.1. The van der Waals surface area contributed by atoms with Crippen LogP contribution < -0.4 is 10.3 Å². The first kappa shape index (κ1) is 21.5. The number of hydrogen-bond donors (Lipinski definition) is 0. The molecular weight excluding hydrogens is 387 g/mol. The van der Waals surface area contributed by atoms with Crippen LogP contribution in [0.15, 0.2) is 47.3 Å². The summed E-state index contributed by atoms with van der Waals surface area (Å²) in [6.07, 6.45) is 3.96. The highest BCUT2D eigenvalue weighted by Crippen LogP contribution is 2.19. The van der Waals surface area contributed by atoms with Crippen LogP contribution in [0.3, 0.4) is 0 Å². The highest BCUT2D eigenvalue weighted by Gasteiger charge is 2.18. The average Bonchev–Trinajstić information content (AvgIpc) is 2.76. The van der Waals surface area contributed by atoms with E-state index in [0.29, 0.717) is 22.9 Å². The van der Waals surface area contributed by atoms with Crippen LogP contribution in [0.25, 0.3) is 10.8 Å². The van der Waals surface area contributed by atoms with Crippen molar-refractivity contribution in [3.05, 3.63) is 69.9 Å². The molecule has 0 saturated carbocycles. The van der Waals surface area contributed by atoms with Crippen molar-refractivity contribution in [2.45, 2.75) is 45.8 Å². The van der Waals surface area contributed by atoms with Crippen LogP contribution >= 0.6 is 0 Å². The molecular formula is C23H25FN2O4. The first-order chi connectivity index (χ1) is 14.5. The number of nitrogens with zero attached hydrogens (tertiary/aromatic N) is 2. The molecule has 0 bridgehead atoms. The maximum atomic E-state index is 13.9. The zero-order valence-corrected chi connectivity index (χ0v) is 17.2. The van der Waals surface area contributed by atoms with Crippen LogP contribution in [0.1, 0.15) is 48.7 Å². The largest absolute Gasteiger partial charge is 0.494 e. The van der Waals surface area contributed by atoms with Gasteiger partial charge in [-0.1, -0.05) is 50.5 Å². The number of hydrogen-bond acceptors (Lipinski definition) is 5. The Morgan fingerprint density at radius 3 is 2.57 bits per heavy atom. The van der Waals surface area contributed by atoms with E-state index in [9.17, 15) is 14.0 Å². The van der Waals surface area contributed by atoms with Gasteiger partial charge < -0.3 is 9.47 Å². The van der Waals surface area contributed by atoms with Gasteiger partial charge in [-0.3, -0.25) is 4.79 Å². The molecule has 30 heavy (non-hydrogen) atoms. The third kappa shape index (κ3) is 4.84. The van der Waals surface area contributed by atoms with Crippen LogP contribution in [-0.2, 0) is 17.9 Å². The molecule has 158 valence electrons. The number of fused-ring (bicyclic) bond motifs is 1. The third-order valence-electron chi connectivity index (χ3n) is 4.87. The minimum absolute atomic E-state index is 0.0784. The lowest BCUT2D eigenvalue weighted by Crippen LogP contribution is -2.26. The molecule has 7 heteroatoms. The number of unbranched alkanes of at least 4 members (excludes halogenated alkanes) is 3. The van der Waals surface area contributed by atoms with Crippen molar-refractivity contribution in [1.82, 2.24) is 9.78 Å². The monoisotopic (exact) mass is 412 g/mol. The Bertz CT molecular complexity index is 1090. The second kappa shape index (κ2) is 10.0. The van der Waals surface area contributed by atoms with Gasteiger partial charge in [0.15, 0.2) is 17.3 Å². The second-order valence-corrected chi connectivity index (χ2v) is 7.03. The van der Waals surface area contributed by atoms with Crippen LogP contribution in [0.4, 0.5) is 4.39 Å². The first-order valence-electron chi connectivity index (χ1n) is 10.0. The first-order valence-corrected chi connectivity index (χ1v) is 10.0. The molecule has 0 aliphatic carbocycles. The number of benzene rings is 2. The molecule has 3 rings (SSSR count). The molecule has 0 radical (unpaired) electrons. The van der Waals surface area contributed by atoms with E-state index < -0.39 is 11.8 Å². The van der Waals surface area contributed by atoms with Crippen LogP contribution in [0, 0.1) is 5.82 Å². The molecule has 0 fully saturated rings. The second-order valence-electron chi connectivity index (χ2n) is 7.03. The molecule has 0 amide bonds. The highest BCUT2D eigenvalue weighted by molar-refractivity contribution is 6.02. The van der Waals surface area contributed by atoms with Gasteiger partial charge in [0.05, 0.1) is 12.5 Å². The Hall–Kier alpha value is -3.22. The van der Waals surface area contributed by atoms with Gasteiger partial charge in [-0.25, -0.2) is 13.9 Å². The zero-order valence-electron chi connectivity index (χ0n) is 17.2. The molecule has 6 nitrogen and oxygen atoms in total. The fourth-order valence-corrected chi connectivity index (χ4v) is 3.24. The van der Waals surface area contributed by atoms with E-state index in [1.807, 2.05) is 0 Å². The predicted molar refractivity (Wildman–Crippen MR) is 112 cm³/mol. The molecule has 0 aliphatic heterocycles. The number of esters is 1. The summed E-state index contributed by atoms with van der Waals surface area (Å²) in [5, 5.41) is 5.16. The van der Waals surface area contributed by atoms with E-state index in [4.69, 9.17) is 9.47 Å². The number of ether oxygens (including phenoxy) is 2. The van der Waals surface area contributed by atoms with Crippen molar-refractivity contribution in [1.29, 1.82) is 0 Å². The third-order valence-corrected chi connectivity index (χ3v) is 4.87. The van der Waals surface area contributed by atoms with Crippen molar-refractivity contribution in [3.63, 3.8) is 0 Å². The summed E-state index contributed by atoms with van der Waals surface area (Å²) in [4.78, 5) is 25.5. The van der Waals surface area contributed by atoms with E-state index in [1.54, 1.807) is 30.3 Å². The number of aromatic nitrogens is 2. The molecule has 0 N–H and O–H groups in total. The van der Waals surface area contributed by atoms with Gasteiger partial charge in [0.2, 0.25) is 0 Å². The Labute approximate surface area is 174 Å². The van der Waals surface area contributed by atoms with E-state index in [2.05, 4.69) is 12.0 Å². The number of halogens is 1. The summed E-state index contributed by atoms with van der Waals surface area (Å²) in [5.41, 5.74) is 0.337. The van der Waals surface area contributed by atoms with E-state index >= 15 is 0 Å². The quantitative estimate of drug-likeness (QED) is 0.383. The topological polar surface area (TPSA) is 70.4 Å². The van der Waals surface area contributed by atoms with E-state index in [-0.39, 0.29) is 23.6 Å². The van der Waals surface area contributed by atoms with Gasteiger partial charge in [-0.15, -0.1) is 0 Å². The number of carbonyl (C=O) groups excluding carboxylic acids is 1. The summed E-state index contributed by atoms with van der Waals surface area (Å²) >= 11 is 0. The number of carbonyl (C=O) groups is 1. The molecule has 0 aliphatic rings. The van der Waals surface area contributed by atoms with Crippen LogP contribution in [-0.4, -0.2) is 22.9 Å². The van der Waals surface area contributed by atoms with Gasteiger partial charge in [0.1, 0.15) is 6.61 Å². The zero-order chi connectivity index (χ0) is 21.5. The molecule has 2 aromatic carbocycles. The van der Waals surface area contributed by atoms with Crippen LogP contribution in [0.5, 0.6) is 5.75 Å². The Balaban J connectivity index is 1.84. The van der Waals surface area contributed by atoms with Gasteiger partial charge in [-0.2, -0.15) is 5.10 Å². The average molecular weight is 412 g/mol. The standard InChI is InChI=1S/C23H25FN2O4/c1-3-4-5-8-13-26-22(27)18-10-7-6-9-17(18)21(25-26)23(28)30-15-16-11-12-20(29-2)19(24)14-16/h6-7,9-12,14H,3-5,8,13,15H2,1-2H3. The minimum atomic E-state index is -0.662. The molecule has 1 aromatic heterocycles. The minimum Gasteiger partial charge on any atom is -0.494 e. The lowest BCUT2D eigenvalue weighted by molar-refractivity contribution is 0.0464. The smallest absolute Gasteiger partial charge is 0.359 e. The Kier molecular flexibility index (Phi) is 7.17. The summed E-state index contributed by atoms with van der Waals surface area (Å²) in [5.74, 6) is -1.08. The van der Waals surface area contributed by atoms with Crippen LogP contribution in [0.2, 0.25) is 0 Å². The lowest BCUT2D eigenvalue weighted by Gasteiger charge is -2.11.